The van der Waals surface area contributed by atoms with Gasteiger partial charge in [-0.05, 0) is 0 Å². The molecule has 0 aliphatic carbocycles. The Balaban J connectivity index is -0.000000387. The van der Waals surface area contributed by atoms with E-state index in [2.05, 4.69) is 23.7 Å². The summed E-state index contributed by atoms with van der Waals surface area (Å²) in [6.07, 6.45) is -29.2. The zero-order valence-electron chi connectivity index (χ0n) is 24.3. The molecule has 288 valence electrons. The van der Waals surface area contributed by atoms with E-state index in [1.807, 2.05) is 0 Å². The highest BCUT2D eigenvalue weighted by atomic mass is 19.4. The lowest BCUT2D eigenvalue weighted by atomic mass is 10.3. The summed E-state index contributed by atoms with van der Waals surface area (Å²) in [4.78, 5) is 44.4. The van der Waals surface area contributed by atoms with Gasteiger partial charge in [0.1, 0.15) is 25.9 Å². The standard InChI is InChI=1S/2C12H16F6O5.2CH4/c1-21-8(6-22-9(19)2-4-11(13,14)15)7-23-10(20)3-5-12(16,17)18;1-21-6-8(23-10(20)3-5-12(16,17)18)7-22-9(19)2-4-11(13,14)15;;/h2*8H,2-7H2,1H3;2*1H4. The summed E-state index contributed by atoms with van der Waals surface area (Å²) in [7, 11) is 2.35. The average molecular weight is 741 g/mol. The fourth-order valence-electron chi connectivity index (χ4n) is 2.48. The minimum absolute atomic E-state index is 0. The van der Waals surface area contributed by atoms with Crippen molar-refractivity contribution in [3.8, 4) is 0 Å². The molecule has 0 amide bonds. The number of rotatable bonds is 18. The number of hydrogen-bond acceptors (Lipinski definition) is 10. The van der Waals surface area contributed by atoms with Crippen LogP contribution in [0.15, 0.2) is 0 Å². The van der Waals surface area contributed by atoms with Gasteiger partial charge >= 0.3 is 48.6 Å². The first kappa shape index (κ1) is 51.8. The zero-order chi connectivity index (χ0) is 36.2. The van der Waals surface area contributed by atoms with Crippen molar-refractivity contribution < 1.29 is 100 Å². The maximum Gasteiger partial charge on any atom is 0.389 e. The first-order chi connectivity index (χ1) is 20.9. The fraction of sp³-hybridized carbons (Fsp3) is 0.846. The third kappa shape index (κ3) is 37.4. The van der Waals surface area contributed by atoms with Crippen LogP contribution in [0.25, 0.3) is 0 Å². The van der Waals surface area contributed by atoms with Crippen LogP contribution < -0.4 is 0 Å². The van der Waals surface area contributed by atoms with Gasteiger partial charge in [0, 0.05) is 14.2 Å². The molecule has 1 unspecified atom stereocenters. The van der Waals surface area contributed by atoms with Crippen LogP contribution in [0, 0.1) is 0 Å². The number of ether oxygens (including phenoxy) is 6. The normalized spacial score (nSPS) is 12.4. The number of halogens is 12. The molecule has 0 heterocycles. The van der Waals surface area contributed by atoms with E-state index in [0.717, 1.165) is 7.11 Å². The molecule has 22 heteroatoms. The van der Waals surface area contributed by atoms with Crippen molar-refractivity contribution in [2.75, 3.05) is 40.6 Å². The Morgan fingerprint density at radius 2 is 0.729 bits per heavy atom. The number of carbonyl (C=O) groups is 4. The van der Waals surface area contributed by atoms with Gasteiger partial charge in [0.05, 0.1) is 58.0 Å². The molecule has 0 fully saturated rings. The fourth-order valence-corrected chi connectivity index (χ4v) is 2.48. The van der Waals surface area contributed by atoms with E-state index in [1.54, 1.807) is 0 Å². The van der Waals surface area contributed by atoms with Crippen LogP contribution in [0.1, 0.15) is 66.2 Å². The number of carbonyl (C=O) groups excluding carboxylic acids is 4. The topological polar surface area (TPSA) is 124 Å². The third-order valence-corrected chi connectivity index (χ3v) is 4.73. The monoisotopic (exact) mass is 740 g/mol. The lowest BCUT2D eigenvalue weighted by Gasteiger charge is -2.17. The highest BCUT2D eigenvalue weighted by Gasteiger charge is 2.31. The summed E-state index contributed by atoms with van der Waals surface area (Å²) in [5, 5.41) is 0. The molecule has 0 aliphatic rings. The number of methoxy groups -OCH3 is 2. The summed E-state index contributed by atoms with van der Waals surface area (Å²) in [5.41, 5.74) is 0. The molecule has 1 atom stereocenters. The maximum absolute atomic E-state index is 11.9. The Labute approximate surface area is 268 Å². The number of alkyl halides is 12. The Bertz CT molecular complexity index is 870. The quantitative estimate of drug-likeness (QED) is 0.0841. The van der Waals surface area contributed by atoms with Gasteiger partial charge in [0.2, 0.25) is 0 Å². The van der Waals surface area contributed by atoms with Crippen molar-refractivity contribution in [3.05, 3.63) is 0 Å². The molecule has 48 heavy (non-hydrogen) atoms. The highest BCUT2D eigenvalue weighted by Crippen LogP contribution is 2.24. The van der Waals surface area contributed by atoms with E-state index in [4.69, 9.17) is 4.74 Å². The molecule has 0 radical (unpaired) electrons. The van der Waals surface area contributed by atoms with E-state index in [1.165, 1.54) is 7.11 Å². The first-order valence-electron chi connectivity index (χ1n) is 12.8. The van der Waals surface area contributed by atoms with Crippen LogP contribution in [-0.2, 0) is 47.6 Å². The van der Waals surface area contributed by atoms with E-state index in [0.29, 0.717) is 0 Å². The second kappa shape index (κ2) is 25.0. The molecule has 0 bridgehead atoms. The number of hydrogen-bond donors (Lipinski definition) is 0. The third-order valence-electron chi connectivity index (χ3n) is 4.73. The molecular formula is C26H40F12O10. The average Bonchev–Trinajstić information content (AvgIpc) is 2.90. The van der Waals surface area contributed by atoms with Gasteiger partial charge in [-0.3, -0.25) is 19.2 Å². The Kier molecular flexibility index (Phi) is 27.0. The van der Waals surface area contributed by atoms with Gasteiger partial charge in [-0.15, -0.1) is 0 Å². The smallest absolute Gasteiger partial charge is 0.389 e. The molecule has 0 rings (SSSR count). The van der Waals surface area contributed by atoms with Crippen molar-refractivity contribution >= 4 is 23.9 Å². The summed E-state index contributed by atoms with van der Waals surface area (Å²) in [6.45, 7) is -1.87. The Hall–Kier alpha value is -3.04. The zero-order valence-corrected chi connectivity index (χ0v) is 24.3. The van der Waals surface area contributed by atoms with Gasteiger partial charge in [-0.1, -0.05) is 14.9 Å². The van der Waals surface area contributed by atoms with Gasteiger partial charge < -0.3 is 28.4 Å². The summed E-state index contributed by atoms with van der Waals surface area (Å²) < 4.78 is 170. The van der Waals surface area contributed by atoms with E-state index >= 15 is 0 Å². The minimum Gasteiger partial charge on any atom is -0.463 e. The molecule has 0 aromatic carbocycles. The van der Waals surface area contributed by atoms with Crippen LogP contribution in [0.5, 0.6) is 0 Å². The Morgan fingerprint density at radius 1 is 0.458 bits per heavy atom. The lowest BCUT2D eigenvalue weighted by molar-refractivity contribution is -0.170. The highest BCUT2D eigenvalue weighted by molar-refractivity contribution is 5.71. The second-order valence-electron chi connectivity index (χ2n) is 8.93. The van der Waals surface area contributed by atoms with Gasteiger partial charge in [-0.2, -0.15) is 52.7 Å². The summed E-state index contributed by atoms with van der Waals surface area (Å²) in [5.74, 6) is -4.59. The van der Waals surface area contributed by atoms with Crippen molar-refractivity contribution in [1.82, 2.24) is 0 Å². The van der Waals surface area contributed by atoms with Gasteiger partial charge in [0.15, 0.2) is 6.10 Å². The minimum atomic E-state index is -4.53. The molecule has 0 saturated heterocycles. The Morgan fingerprint density at radius 3 is 0.979 bits per heavy atom. The van der Waals surface area contributed by atoms with Crippen molar-refractivity contribution in [2.45, 2.75) is 103 Å². The second-order valence-corrected chi connectivity index (χ2v) is 8.93. The molecule has 0 aliphatic heterocycles. The largest absolute Gasteiger partial charge is 0.463 e. The molecule has 0 saturated carbocycles. The van der Waals surface area contributed by atoms with Gasteiger partial charge in [-0.25, -0.2) is 0 Å². The van der Waals surface area contributed by atoms with Crippen LogP contribution in [0.2, 0.25) is 0 Å². The van der Waals surface area contributed by atoms with Crippen molar-refractivity contribution in [3.63, 3.8) is 0 Å². The molecule has 0 spiro atoms. The van der Waals surface area contributed by atoms with Crippen LogP contribution in [0.3, 0.4) is 0 Å². The van der Waals surface area contributed by atoms with Crippen LogP contribution in [0.4, 0.5) is 52.7 Å². The molecule has 0 N–H and O–H groups in total. The van der Waals surface area contributed by atoms with Gasteiger partial charge in [0.25, 0.3) is 0 Å². The SMILES string of the molecule is C.C.COC(COC(=O)CCC(F)(F)F)COC(=O)CCC(F)(F)F.COCC(COC(=O)CCC(F)(F)F)OC(=O)CCC(F)(F)F. The molecule has 10 nitrogen and oxygen atoms in total. The maximum atomic E-state index is 11.9. The summed E-state index contributed by atoms with van der Waals surface area (Å²) >= 11 is 0. The predicted octanol–water partition coefficient (Wildman–Crippen LogP) is 6.82. The van der Waals surface area contributed by atoms with E-state index in [9.17, 15) is 71.9 Å². The van der Waals surface area contributed by atoms with E-state index < -0.39 is 132 Å². The van der Waals surface area contributed by atoms with Crippen LogP contribution >= 0.6 is 0 Å². The molecule has 0 aromatic heterocycles. The van der Waals surface area contributed by atoms with Crippen molar-refractivity contribution in [1.29, 1.82) is 0 Å². The van der Waals surface area contributed by atoms with E-state index in [-0.39, 0.29) is 21.5 Å². The lowest BCUT2D eigenvalue weighted by Crippen LogP contribution is -2.30. The molecular weight excluding hydrogens is 700 g/mol. The van der Waals surface area contributed by atoms with Crippen LogP contribution in [-0.4, -0.2) is 101 Å². The van der Waals surface area contributed by atoms with Crippen molar-refractivity contribution in [2.24, 2.45) is 0 Å². The molecule has 0 aromatic rings. The summed E-state index contributed by atoms with van der Waals surface area (Å²) in [6, 6.07) is 0. The predicted molar refractivity (Wildman–Crippen MR) is 140 cm³/mol. The first-order valence-corrected chi connectivity index (χ1v) is 12.8. The number of esters is 4.